The molecule has 1 aliphatic heterocycles. The minimum Gasteiger partial charge on any atom is -0.461 e. The van der Waals surface area contributed by atoms with Crippen LogP contribution in [0, 0.1) is 0 Å². The van der Waals surface area contributed by atoms with Crippen molar-refractivity contribution in [3.05, 3.63) is 77.6 Å². The number of piperazine rings is 1. The Balaban J connectivity index is 1.41. The number of benzene rings is 1. The van der Waals surface area contributed by atoms with Crippen LogP contribution in [0.15, 0.2) is 66.2 Å². The summed E-state index contributed by atoms with van der Waals surface area (Å²) in [7, 11) is 0. The average molecular weight is 489 g/mol. The number of hydrogen-bond donors (Lipinski definition) is 0. The van der Waals surface area contributed by atoms with E-state index >= 15 is 0 Å². The molecule has 178 valence electrons. The van der Waals surface area contributed by atoms with Crippen molar-refractivity contribution in [1.29, 1.82) is 0 Å². The van der Waals surface area contributed by atoms with Gasteiger partial charge in [-0.05, 0) is 25.1 Å². The molecule has 0 spiro atoms. The maximum atomic E-state index is 13.4. The minimum absolute atomic E-state index is 0.135. The van der Waals surface area contributed by atoms with Crippen LogP contribution in [0.5, 0.6) is 0 Å². The van der Waals surface area contributed by atoms with Crippen LogP contribution >= 0.6 is 11.3 Å². The zero-order valence-corrected chi connectivity index (χ0v) is 20.0. The van der Waals surface area contributed by atoms with Gasteiger partial charge in [0.05, 0.1) is 12.3 Å². The molecule has 0 saturated carbocycles. The van der Waals surface area contributed by atoms with Crippen molar-refractivity contribution in [2.45, 2.75) is 6.92 Å². The van der Waals surface area contributed by atoms with E-state index in [4.69, 9.17) is 4.74 Å². The molecule has 1 aliphatic rings. The van der Waals surface area contributed by atoms with E-state index < -0.39 is 5.97 Å². The fourth-order valence-corrected chi connectivity index (χ4v) is 4.70. The molecule has 0 aliphatic carbocycles. The van der Waals surface area contributed by atoms with Gasteiger partial charge in [0.2, 0.25) is 5.13 Å². The van der Waals surface area contributed by atoms with Crippen LogP contribution in [0.2, 0.25) is 0 Å². The van der Waals surface area contributed by atoms with E-state index in [-0.39, 0.29) is 18.2 Å². The number of rotatable bonds is 6. The molecule has 4 aromatic rings. The van der Waals surface area contributed by atoms with Crippen LogP contribution in [0.1, 0.15) is 27.9 Å². The second-order valence-corrected chi connectivity index (χ2v) is 8.73. The van der Waals surface area contributed by atoms with Crippen molar-refractivity contribution in [2.24, 2.45) is 0 Å². The monoisotopic (exact) mass is 488 g/mol. The number of nitrogens with zero attached hydrogens (tertiary/aromatic N) is 6. The quantitative estimate of drug-likeness (QED) is 0.383. The van der Waals surface area contributed by atoms with Crippen molar-refractivity contribution in [3.63, 3.8) is 0 Å². The number of aromatic nitrogens is 4. The Labute approximate surface area is 206 Å². The van der Waals surface area contributed by atoms with Crippen molar-refractivity contribution in [1.82, 2.24) is 24.6 Å². The Hall–Kier alpha value is -4.05. The van der Waals surface area contributed by atoms with Gasteiger partial charge in [-0.25, -0.2) is 19.4 Å². The molecule has 1 aromatic carbocycles. The zero-order valence-electron chi connectivity index (χ0n) is 19.2. The zero-order chi connectivity index (χ0) is 24.2. The van der Waals surface area contributed by atoms with Crippen LogP contribution in [0.4, 0.5) is 5.82 Å². The molecule has 4 heterocycles. The Morgan fingerprint density at radius 2 is 1.77 bits per heavy atom. The van der Waals surface area contributed by atoms with E-state index in [1.54, 1.807) is 29.2 Å². The maximum absolute atomic E-state index is 13.4. The van der Waals surface area contributed by atoms with Gasteiger partial charge in [-0.3, -0.25) is 4.79 Å². The molecule has 0 radical (unpaired) electrons. The number of anilines is 1. The molecule has 9 nitrogen and oxygen atoms in total. The lowest BCUT2D eigenvalue weighted by molar-refractivity contribution is 0.0520. The van der Waals surface area contributed by atoms with Crippen LogP contribution < -0.4 is 4.90 Å². The van der Waals surface area contributed by atoms with Gasteiger partial charge in [0.1, 0.15) is 5.82 Å². The molecular weight excluding hydrogens is 464 g/mol. The van der Waals surface area contributed by atoms with Gasteiger partial charge in [0.15, 0.2) is 11.4 Å². The highest BCUT2D eigenvalue weighted by Crippen LogP contribution is 2.27. The number of carbonyl (C=O) groups excluding carboxylic acids is 2. The largest absolute Gasteiger partial charge is 0.461 e. The molecular formula is C25H24N6O3S. The van der Waals surface area contributed by atoms with Gasteiger partial charge in [0.25, 0.3) is 5.91 Å². The van der Waals surface area contributed by atoms with Gasteiger partial charge in [-0.1, -0.05) is 36.4 Å². The fraction of sp³-hybridized carbons (Fsp3) is 0.240. The van der Waals surface area contributed by atoms with Crippen LogP contribution in [0.3, 0.4) is 0 Å². The smallest absolute Gasteiger partial charge is 0.357 e. The van der Waals surface area contributed by atoms with E-state index in [9.17, 15) is 9.59 Å². The molecule has 1 saturated heterocycles. The highest BCUT2D eigenvalue weighted by Gasteiger charge is 2.26. The van der Waals surface area contributed by atoms with Crippen LogP contribution in [0.25, 0.3) is 16.4 Å². The lowest BCUT2D eigenvalue weighted by Crippen LogP contribution is -2.49. The molecule has 0 atom stereocenters. The fourth-order valence-electron chi connectivity index (χ4n) is 3.95. The predicted octanol–water partition coefficient (Wildman–Crippen LogP) is 3.53. The number of carbonyl (C=O) groups is 2. The highest BCUT2D eigenvalue weighted by atomic mass is 32.1. The van der Waals surface area contributed by atoms with Crippen LogP contribution in [-0.2, 0) is 4.74 Å². The summed E-state index contributed by atoms with van der Waals surface area (Å²) in [6, 6.07) is 17.3. The Morgan fingerprint density at radius 3 is 2.49 bits per heavy atom. The third-order valence-electron chi connectivity index (χ3n) is 5.70. The Morgan fingerprint density at radius 1 is 1.00 bits per heavy atom. The number of hydrogen-bond acceptors (Lipinski definition) is 8. The minimum atomic E-state index is -0.481. The standard InChI is InChI=1S/C25H24N6O3S/c1-2-34-24(33)20-17-35-25(27-20)31-21(18-8-4-3-5-9-18)16-19(28-31)23(32)30-14-12-29(13-15-30)22-10-6-7-11-26-22/h3-11,16-17H,2,12-15H2,1H3. The molecule has 1 amide bonds. The summed E-state index contributed by atoms with van der Waals surface area (Å²) in [5.41, 5.74) is 2.18. The molecule has 5 rings (SSSR count). The summed E-state index contributed by atoms with van der Waals surface area (Å²) in [6.07, 6.45) is 1.77. The summed E-state index contributed by atoms with van der Waals surface area (Å²) < 4.78 is 6.69. The van der Waals surface area contributed by atoms with Crippen molar-refractivity contribution in [2.75, 3.05) is 37.7 Å². The van der Waals surface area contributed by atoms with Gasteiger partial charge in [-0.2, -0.15) is 5.10 Å². The molecule has 35 heavy (non-hydrogen) atoms. The highest BCUT2D eigenvalue weighted by molar-refractivity contribution is 7.12. The first-order valence-corrected chi connectivity index (χ1v) is 12.3. The summed E-state index contributed by atoms with van der Waals surface area (Å²) in [4.78, 5) is 38.3. The summed E-state index contributed by atoms with van der Waals surface area (Å²) in [5.74, 6) is 0.297. The van der Waals surface area contributed by atoms with Crippen molar-refractivity contribution in [3.8, 4) is 16.4 Å². The van der Waals surface area contributed by atoms with Gasteiger partial charge in [-0.15, -0.1) is 11.3 Å². The lowest BCUT2D eigenvalue weighted by Gasteiger charge is -2.35. The van der Waals surface area contributed by atoms with E-state index in [1.165, 1.54) is 11.3 Å². The topological polar surface area (TPSA) is 93.5 Å². The summed E-state index contributed by atoms with van der Waals surface area (Å²) in [6.45, 7) is 4.57. The van der Waals surface area contributed by atoms with Crippen LogP contribution in [-0.4, -0.2) is 69.3 Å². The number of amides is 1. The van der Waals surface area contributed by atoms with Gasteiger partial charge < -0.3 is 14.5 Å². The number of esters is 1. The average Bonchev–Trinajstić information content (AvgIpc) is 3.58. The first kappa shape index (κ1) is 22.7. The van der Waals surface area contributed by atoms with Crippen molar-refractivity contribution >= 4 is 29.0 Å². The third-order valence-corrected chi connectivity index (χ3v) is 6.51. The first-order chi connectivity index (χ1) is 17.1. The molecule has 0 unspecified atom stereocenters. The lowest BCUT2D eigenvalue weighted by atomic mass is 10.1. The SMILES string of the molecule is CCOC(=O)c1csc(-n2nc(C(=O)N3CCN(c4ccccn4)CC3)cc2-c2ccccc2)n1. The van der Waals surface area contributed by atoms with E-state index in [1.807, 2.05) is 53.4 Å². The Bertz CT molecular complexity index is 1310. The predicted molar refractivity (Wildman–Crippen MR) is 133 cm³/mol. The molecule has 10 heteroatoms. The number of thiazole rings is 1. The van der Waals surface area contributed by atoms with Crippen molar-refractivity contribution < 1.29 is 14.3 Å². The maximum Gasteiger partial charge on any atom is 0.357 e. The number of ether oxygens (including phenoxy) is 1. The molecule has 1 fully saturated rings. The van der Waals surface area contributed by atoms with E-state index in [0.717, 1.165) is 17.1 Å². The van der Waals surface area contributed by atoms with E-state index in [0.29, 0.717) is 37.0 Å². The molecule has 0 N–H and O–H groups in total. The first-order valence-electron chi connectivity index (χ1n) is 11.4. The normalized spacial score (nSPS) is 13.6. The Kier molecular flexibility index (Phi) is 6.53. The third kappa shape index (κ3) is 4.78. The summed E-state index contributed by atoms with van der Waals surface area (Å²) >= 11 is 1.27. The molecule has 3 aromatic heterocycles. The van der Waals surface area contributed by atoms with E-state index in [2.05, 4.69) is 20.0 Å². The summed E-state index contributed by atoms with van der Waals surface area (Å²) in [5, 5.41) is 6.76. The van der Waals surface area contributed by atoms with Gasteiger partial charge >= 0.3 is 5.97 Å². The number of pyridine rings is 1. The second kappa shape index (κ2) is 10.1. The molecule has 0 bridgehead atoms. The second-order valence-electron chi connectivity index (χ2n) is 7.90. The van der Waals surface area contributed by atoms with Gasteiger partial charge in [0, 0.05) is 43.3 Å².